The minimum Gasteiger partial charge on any atom is -0.383 e. The quantitative estimate of drug-likeness (QED) is 0.472. The van der Waals surface area contributed by atoms with Crippen molar-refractivity contribution in [2.45, 2.75) is 39.0 Å². The minimum atomic E-state index is -2.24. The molecule has 8 heteroatoms. The number of aromatic nitrogens is 1. The predicted molar refractivity (Wildman–Crippen MR) is 89.0 cm³/mol. The summed E-state index contributed by atoms with van der Waals surface area (Å²) in [6, 6.07) is 1.71. The van der Waals surface area contributed by atoms with Crippen LogP contribution >= 0.6 is 0 Å². The molecule has 0 radical (unpaired) electrons. The number of pyridine rings is 1. The molecule has 1 atom stereocenters. The maximum absolute atomic E-state index is 14.5. The van der Waals surface area contributed by atoms with Crippen LogP contribution in [0.15, 0.2) is 0 Å². The van der Waals surface area contributed by atoms with E-state index in [0.29, 0.717) is 24.1 Å². The summed E-state index contributed by atoms with van der Waals surface area (Å²) in [5.41, 5.74) is 4.67. The van der Waals surface area contributed by atoms with Crippen LogP contribution < -0.4 is 5.73 Å². The van der Waals surface area contributed by atoms with Crippen molar-refractivity contribution < 1.29 is 22.0 Å². The monoisotopic (exact) mass is 381 g/mol. The molecule has 2 aromatic rings. The summed E-state index contributed by atoms with van der Waals surface area (Å²) in [5.74, 6) is -10.4. The van der Waals surface area contributed by atoms with Gasteiger partial charge in [-0.1, -0.05) is 19.8 Å². The van der Waals surface area contributed by atoms with Gasteiger partial charge in [0.2, 0.25) is 5.82 Å². The van der Waals surface area contributed by atoms with Crippen molar-refractivity contribution in [3.05, 3.63) is 45.9 Å². The smallest absolute Gasteiger partial charge is 0.200 e. The van der Waals surface area contributed by atoms with E-state index < -0.39 is 34.6 Å². The Hall–Kier alpha value is -2.69. The number of rotatable bonds is 3. The van der Waals surface area contributed by atoms with Gasteiger partial charge in [-0.25, -0.2) is 26.9 Å². The summed E-state index contributed by atoms with van der Waals surface area (Å²) in [6.45, 7) is 1.99. The van der Waals surface area contributed by atoms with Crippen LogP contribution in [0.5, 0.6) is 0 Å². The molecule has 27 heavy (non-hydrogen) atoms. The normalized spacial score (nSPS) is 16.1. The van der Waals surface area contributed by atoms with E-state index in [1.165, 1.54) is 0 Å². The molecule has 0 spiro atoms. The number of nitriles is 1. The minimum absolute atomic E-state index is 0.166. The van der Waals surface area contributed by atoms with Crippen molar-refractivity contribution in [2.24, 2.45) is 5.92 Å². The molecule has 142 valence electrons. The lowest BCUT2D eigenvalue weighted by molar-refractivity contribution is 0.380. The van der Waals surface area contributed by atoms with Crippen LogP contribution in [-0.4, -0.2) is 4.98 Å². The number of fused-ring (bicyclic) bond motifs is 1. The Bertz CT molecular complexity index is 936. The molecule has 1 unspecified atom stereocenters. The van der Waals surface area contributed by atoms with Gasteiger partial charge in [-0.2, -0.15) is 5.26 Å². The van der Waals surface area contributed by atoms with E-state index in [0.717, 1.165) is 19.3 Å². The number of hydrogen-bond acceptors (Lipinski definition) is 3. The highest BCUT2D eigenvalue weighted by atomic mass is 19.2. The highest BCUT2D eigenvalue weighted by Crippen LogP contribution is 2.41. The second kappa shape index (κ2) is 7.14. The second-order valence-corrected chi connectivity index (χ2v) is 6.63. The molecule has 3 rings (SSSR count). The fourth-order valence-corrected chi connectivity index (χ4v) is 3.72. The van der Waals surface area contributed by atoms with Crippen molar-refractivity contribution in [1.82, 2.24) is 4.98 Å². The van der Waals surface area contributed by atoms with Gasteiger partial charge in [0.15, 0.2) is 23.3 Å². The fourth-order valence-electron chi connectivity index (χ4n) is 3.72. The highest BCUT2D eigenvalue weighted by molar-refractivity contribution is 5.80. The summed E-state index contributed by atoms with van der Waals surface area (Å²) in [4.78, 5) is 4.14. The Kier molecular flexibility index (Phi) is 5.05. The van der Waals surface area contributed by atoms with Crippen molar-refractivity contribution in [1.29, 1.82) is 5.26 Å². The fraction of sp³-hybridized carbons (Fsp3) is 0.368. The van der Waals surface area contributed by atoms with Crippen molar-refractivity contribution in [3.8, 4) is 17.2 Å². The Balaban J connectivity index is 2.38. The van der Waals surface area contributed by atoms with Crippen molar-refractivity contribution in [3.63, 3.8) is 0 Å². The molecular formula is C19H16F5N3. The van der Waals surface area contributed by atoms with Gasteiger partial charge in [-0.05, 0) is 30.7 Å². The molecule has 3 nitrogen and oxygen atoms in total. The summed E-state index contributed by atoms with van der Waals surface area (Å²) >= 11 is 0. The van der Waals surface area contributed by atoms with Gasteiger partial charge in [0.05, 0.1) is 5.56 Å². The third-order valence-electron chi connectivity index (χ3n) is 4.96. The first kappa shape index (κ1) is 19.1. The number of nitrogens with two attached hydrogens (primary N) is 1. The molecule has 0 amide bonds. The van der Waals surface area contributed by atoms with Crippen molar-refractivity contribution >= 4 is 5.82 Å². The lowest BCUT2D eigenvalue weighted by atomic mass is 9.79. The first-order valence-electron chi connectivity index (χ1n) is 8.54. The zero-order valence-corrected chi connectivity index (χ0v) is 14.5. The van der Waals surface area contributed by atoms with E-state index >= 15 is 0 Å². The van der Waals surface area contributed by atoms with Crippen LogP contribution in [0.1, 0.15) is 43.0 Å². The van der Waals surface area contributed by atoms with E-state index in [4.69, 9.17) is 5.73 Å². The maximum atomic E-state index is 14.5. The average Bonchev–Trinajstić information content (AvgIpc) is 2.65. The van der Waals surface area contributed by atoms with Crippen molar-refractivity contribution in [2.75, 3.05) is 5.73 Å². The topological polar surface area (TPSA) is 62.7 Å². The zero-order chi connectivity index (χ0) is 19.9. The molecular weight excluding hydrogens is 365 g/mol. The first-order chi connectivity index (χ1) is 12.8. The molecule has 1 aliphatic carbocycles. The van der Waals surface area contributed by atoms with E-state index in [9.17, 15) is 27.2 Å². The average molecular weight is 381 g/mol. The van der Waals surface area contributed by atoms with Crippen LogP contribution in [0.2, 0.25) is 0 Å². The summed E-state index contributed by atoms with van der Waals surface area (Å²) in [6.07, 6.45) is 3.28. The third-order valence-corrected chi connectivity index (χ3v) is 4.96. The first-order valence-corrected chi connectivity index (χ1v) is 8.54. The molecule has 0 bridgehead atoms. The van der Waals surface area contributed by atoms with Gasteiger partial charge < -0.3 is 5.73 Å². The largest absolute Gasteiger partial charge is 0.383 e. The lowest BCUT2D eigenvalue weighted by Gasteiger charge is -2.27. The van der Waals surface area contributed by atoms with E-state index in [1.807, 2.05) is 6.92 Å². The standard InChI is InChI=1S/C19H16F5N3/c1-2-3-8-4-5-11-9(6-8)12(10(7-25)19(26)27-11)13-14(20)16(22)18(24)17(23)15(13)21/h8H,2-6H2,1H3,(H2,26,27). The van der Waals surface area contributed by atoms with Crippen LogP contribution in [0, 0.1) is 46.3 Å². The summed E-state index contributed by atoms with van der Waals surface area (Å²) in [5, 5.41) is 9.43. The number of anilines is 1. The molecule has 1 aliphatic rings. The van der Waals surface area contributed by atoms with Gasteiger partial charge in [0.1, 0.15) is 17.5 Å². The summed E-state index contributed by atoms with van der Waals surface area (Å²) in [7, 11) is 0. The molecule has 1 heterocycles. The van der Waals surface area contributed by atoms with E-state index in [-0.39, 0.29) is 22.9 Å². The van der Waals surface area contributed by atoms with Crippen LogP contribution in [0.4, 0.5) is 27.8 Å². The van der Waals surface area contributed by atoms with Gasteiger partial charge >= 0.3 is 0 Å². The van der Waals surface area contributed by atoms with E-state index in [1.54, 1.807) is 6.07 Å². The lowest BCUT2D eigenvalue weighted by Crippen LogP contribution is -2.19. The van der Waals surface area contributed by atoms with Crippen LogP contribution in [-0.2, 0) is 12.8 Å². The van der Waals surface area contributed by atoms with Gasteiger partial charge in [-0.3, -0.25) is 0 Å². The zero-order valence-electron chi connectivity index (χ0n) is 14.5. The van der Waals surface area contributed by atoms with E-state index in [2.05, 4.69) is 4.98 Å². The number of nitrogen functional groups attached to an aromatic ring is 1. The van der Waals surface area contributed by atoms with Crippen LogP contribution in [0.3, 0.4) is 0 Å². The molecule has 0 saturated carbocycles. The molecule has 0 aliphatic heterocycles. The van der Waals surface area contributed by atoms with Gasteiger partial charge in [-0.15, -0.1) is 0 Å². The summed E-state index contributed by atoms with van der Waals surface area (Å²) < 4.78 is 69.9. The number of aryl methyl sites for hydroxylation is 1. The number of benzene rings is 1. The van der Waals surface area contributed by atoms with Gasteiger partial charge in [0, 0.05) is 11.3 Å². The SMILES string of the molecule is CCCC1CCc2nc(N)c(C#N)c(-c3c(F)c(F)c(F)c(F)c3F)c2C1. The molecule has 1 aromatic heterocycles. The molecule has 2 N–H and O–H groups in total. The second-order valence-electron chi connectivity index (χ2n) is 6.63. The van der Waals surface area contributed by atoms with Crippen LogP contribution in [0.25, 0.3) is 11.1 Å². The Morgan fingerprint density at radius 2 is 1.63 bits per heavy atom. The Morgan fingerprint density at radius 3 is 2.19 bits per heavy atom. The number of hydrogen-bond donors (Lipinski definition) is 1. The highest BCUT2D eigenvalue weighted by Gasteiger charge is 2.33. The molecule has 0 saturated heterocycles. The van der Waals surface area contributed by atoms with Gasteiger partial charge in [0.25, 0.3) is 0 Å². The maximum Gasteiger partial charge on any atom is 0.200 e. The number of halogens is 5. The predicted octanol–water partition coefficient (Wildman–Crippen LogP) is 4.80. The Morgan fingerprint density at radius 1 is 1.04 bits per heavy atom. The Labute approximate surface area is 152 Å². The third kappa shape index (κ3) is 3.01. The number of nitrogens with zero attached hydrogens (tertiary/aromatic N) is 2. The molecule has 1 aromatic carbocycles. The molecule has 0 fully saturated rings.